The predicted octanol–water partition coefficient (Wildman–Crippen LogP) is 4.23. The van der Waals surface area contributed by atoms with Crippen LogP contribution in [-0.4, -0.2) is 5.78 Å². The SMILES string of the molecule is N#CC(CCCC#Cc1ccccc1)C(=O)c1ccccc1. The molecule has 2 nitrogen and oxygen atoms in total. The molecular formula is C20H17NO. The number of Topliss-reactive ketones (excluding diaryl/α,β-unsaturated/α-hetero) is 1. The van der Waals surface area contributed by atoms with Gasteiger partial charge in [0.1, 0.15) is 5.92 Å². The van der Waals surface area contributed by atoms with Gasteiger partial charge in [0.15, 0.2) is 5.78 Å². The Morgan fingerprint density at radius 2 is 1.64 bits per heavy atom. The first-order valence-corrected chi connectivity index (χ1v) is 7.34. The summed E-state index contributed by atoms with van der Waals surface area (Å²) in [7, 11) is 0. The normalized spacial score (nSPS) is 10.9. The third-order valence-electron chi connectivity index (χ3n) is 3.33. The molecule has 2 aromatic carbocycles. The van der Waals surface area contributed by atoms with Gasteiger partial charge in [-0.1, -0.05) is 60.4 Å². The fourth-order valence-electron chi connectivity index (χ4n) is 2.14. The minimum Gasteiger partial charge on any atom is -0.293 e. The van der Waals surface area contributed by atoms with Crippen LogP contribution in [0.2, 0.25) is 0 Å². The molecule has 1 unspecified atom stereocenters. The number of nitriles is 1. The number of benzene rings is 2. The molecular weight excluding hydrogens is 270 g/mol. The van der Waals surface area contributed by atoms with Crippen LogP contribution in [0.3, 0.4) is 0 Å². The first-order valence-electron chi connectivity index (χ1n) is 7.34. The van der Waals surface area contributed by atoms with Crippen LogP contribution in [0.4, 0.5) is 0 Å². The first-order chi connectivity index (χ1) is 10.8. The van der Waals surface area contributed by atoms with Crippen molar-refractivity contribution < 1.29 is 4.79 Å². The molecule has 2 rings (SSSR count). The monoisotopic (exact) mass is 287 g/mol. The molecule has 0 saturated carbocycles. The van der Waals surface area contributed by atoms with Gasteiger partial charge in [-0.05, 0) is 25.0 Å². The highest BCUT2D eigenvalue weighted by atomic mass is 16.1. The van der Waals surface area contributed by atoms with Crippen molar-refractivity contribution in [1.82, 2.24) is 0 Å². The number of unbranched alkanes of at least 4 members (excludes halogenated alkanes) is 1. The summed E-state index contributed by atoms with van der Waals surface area (Å²) in [6.45, 7) is 0. The van der Waals surface area contributed by atoms with Gasteiger partial charge in [-0.15, -0.1) is 0 Å². The number of ketones is 1. The maximum absolute atomic E-state index is 12.2. The Hall–Kier alpha value is -2.84. The highest BCUT2D eigenvalue weighted by Crippen LogP contribution is 2.14. The van der Waals surface area contributed by atoms with Crippen molar-refractivity contribution in [3.63, 3.8) is 0 Å². The zero-order valence-electron chi connectivity index (χ0n) is 12.3. The largest absolute Gasteiger partial charge is 0.293 e. The molecule has 0 aromatic heterocycles. The second-order valence-electron chi connectivity index (χ2n) is 4.97. The molecule has 2 aromatic rings. The maximum atomic E-state index is 12.2. The highest BCUT2D eigenvalue weighted by molar-refractivity contribution is 5.99. The molecule has 0 radical (unpaired) electrons. The highest BCUT2D eigenvalue weighted by Gasteiger charge is 2.18. The van der Waals surface area contributed by atoms with E-state index in [1.54, 1.807) is 12.1 Å². The van der Waals surface area contributed by atoms with Crippen LogP contribution in [0, 0.1) is 29.1 Å². The van der Waals surface area contributed by atoms with Gasteiger partial charge in [-0.2, -0.15) is 5.26 Å². The van der Waals surface area contributed by atoms with E-state index < -0.39 is 5.92 Å². The lowest BCUT2D eigenvalue weighted by molar-refractivity contribution is 0.0943. The molecule has 0 aliphatic rings. The van der Waals surface area contributed by atoms with E-state index in [9.17, 15) is 10.1 Å². The molecule has 0 aliphatic heterocycles. The Balaban J connectivity index is 1.84. The fraction of sp³-hybridized carbons (Fsp3) is 0.200. The Morgan fingerprint density at radius 3 is 2.27 bits per heavy atom. The predicted molar refractivity (Wildman–Crippen MR) is 87.0 cm³/mol. The van der Waals surface area contributed by atoms with Crippen LogP contribution >= 0.6 is 0 Å². The van der Waals surface area contributed by atoms with Crippen molar-refractivity contribution >= 4 is 5.78 Å². The number of carbonyl (C=O) groups excluding carboxylic acids is 1. The van der Waals surface area contributed by atoms with E-state index in [1.165, 1.54) is 0 Å². The molecule has 0 heterocycles. The van der Waals surface area contributed by atoms with Gasteiger partial charge < -0.3 is 0 Å². The van der Waals surface area contributed by atoms with Crippen molar-refractivity contribution in [2.45, 2.75) is 19.3 Å². The smallest absolute Gasteiger partial charge is 0.179 e. The lowest BCUT2D eigenvalue weighted by Gasteiger charge is -2.06. The van der Waals surface area contributed by atoms with Crippen LogP contribution in [0.1, 0.15) is 35.2 Å². The first kappa shape index (κ1) is 15.5. The molecule has 0 fully saturated rings. The van der Waals surface area contributed by atoms with E-state index in [0.29, 0.717) is 18.4 Å². The van der Waals surface area contributed by atoms with Crippen LogP contribution in [0.15, 0.2) is 60.7 Å². The van der Waals surface area contributed by atoms with Gasteiger partial charge in [0, 0.05) is 17.5 Å². The van der Waals surface area contributed by atoms with Gasteiger partial charge in [0.05, 0.1) is 6.07 Å². The molecule has 108 valence electrons. The van der Waals surface area contributed by atoms with Crippen LogP contribution in [0.25, 0.3) is 0 Å². The molecule has 0 aliphatic carbocycles. The molecule has 0 N–H and O–H groups in total. The van der Waals surface area contributed by atoms with E-state index in [-0.39, 0.29) is 5.78 Å². The van der Waals surface area contributed by atoms with Crippen molar-refractivity contribution in [3.05, 3.63) is 71.8 Å². The quantitative estimate of drug-likeness (QED) is 0.469. The summed E-state index contributed by atoms with van der Waals surface area (Å²) in [6.07, 6.45) is 1.99. The minimum absolute atomic E-state index is 0.0980. The van der Waals surface area contributed by atoms with Crippen molar-refractivity contribution in [1.29, 1.82) is 5.26 Å². The third kappa shape index (κ3) is 4.62. The van der Waals surface area contributed by atoms with Gasteiger partial charge in [0.25, 0.3) is 0 Å². The van der Waals surface area contributed by atoms with E-state index in [4.69, 9.17) is 0 Å². The minimum atomic E-state index is -0.582. The summed E-state index contributed by atoms with van der Waals surface area (Å²) >= 11 is 0. The summed E-state index contributed by atoms with van der Waals surface area (Å²) in [5.74, 6) is 5.49. The van der Waals surface area contributed by atoms with Gasteiger partial charge in [-0.25, -0.2) is 0 Å². The summed E-state index contributed by atoms with van der Waals surface area (Å²) in [5, 5.41) is 9.19. The average molecular weight is 287 g/mol. The Kier molecular flexibility index (Phi) is 5.97. The molecule has 2 heteroatoms. The molecule has 0 saturated heterocycles. The Morgan fingerprint density at radius 1 is 1.00 bits per heavy atom. The molecule has 0 spiro atoms. The maximum Gasteiger partial charge on any atom is 0.179 e. The number of nitrogens with zero attached hydrogens (tertiary/aromatic N) is 1. The summed E-state index contributed by atoms with van der Waals surface area (Å²) in [6, 6.07) is 20.9. The average Bonchev–Trinajstić information content (AvgIpc) is 2.59. The second kappa shape index (κ2) is 8.45. The van der Waals surface area contributed by atoms with Crippen molar-refractivity contribution in [2.75, 3.05) is 0 Å². The zero-order chi connectivity index (χ0) is 15.6. The zero-order valence-corrected chi connectivity index (χ0v) is 12.3. The van der Waals surface area contributed by atoms with Crippen LogP contribution in [0.5, 0.6) is 0 Å². The van der Waals surface area contributed by atoms with Gasteiger partial charge in [-0.3, -0.25) is 4.79 Å². The number of hydrogen-bond acceptors (Lipinski definition) is 2. The topological polar surface area (TPSA) is 40.9 Å². The second-order valence-corrected chi connectivity index (χ2v) is 4.97. The summed E-state index contributed by atoms with van der Waals surface area (Å²) in [5.41, 5.74) is 1.59. The number of rotatable bonds is 5. The van der Waals surface area contributed by atoms with Crippen molar-refractivity contribution in [3.8, 4) is 17.9 Å². The molecule has 0 amide bonds. The van der Waals surface area contributed by atoms with Gasteiger partial charge in [0.2, 0.25) is 0 Å². The lowest BCUT2D eigenvalue weighted by atomic mass is 9.94. The van der Waals surface area contributed by atoms with E-state index >= 15 is 0 Å². The summed E-state index contributed by atoms with van der Waals surface area (Å²) in [4.78, 5) is 12.2. The molecule has 22 heavy (non-hydrogen) atoms. The third-order valence-corrected chi connectivity index (χ3v) is 3.33. The molecule has 1 atom stereocenters. The van der Waals surface area contributed by atoms with E-state index in [1.807, 2.05) is 48.5 Å². The number of hydrogen-bond donors (Lipinski definition) is 0. The van der Waals surface area contributed by atoms with E-state index in [0.717, 1.165) is 12.0 Å². The number of carbonyl (C=O) groups is 1. The fourth-order valence-corrected chi connectivity index (χ4v) is 2.14. The summed E-state index contributed by atoms with van der Waals surface area (Å²) < 4.78 is 0. The molecule has 0 bridgehead atoms. The lowest BCUT2D eigenvalue weighted by Crippen LogP contribution is -2.12. The van der Waals surface area contributed by atoms with E-state index in [2.05, 4.69) is 17.9 Å². The van der Waals surface area contributed by atoms with Gasteiger partial charge >= 0.3 is 0 Å². The van der Waals surface area contributed by atoms with Crippen LogP contribution in [-0.2, 0) is 0 Å². The van der Waals surface area contributed by atoms with Crippen LogP contribution < -0.4 is 0 Å². The standard InChI is InChI=1S/C20H17NO/c21-16-19(20(22)18-13-7-3-8-14-18)15-9-2-6-12-17-10-4-1-5-11-17/h1,3-5,7-8,10-11,13-14,19H,2,9,15H2. The van der Waals surface area contributed by atoms with Crippen molar-refractivity contribution in [2.24, 2.45) is 5.92 Å². The Labute approximate surface area is 131 Å². The Bertz CT molecular complexity index is 702.